The first-order valence-corrected chi connectivity index (χ1v) is 5.56. The van der Waals surface area contributed by atoms with Crippen molar-refractivity contribution in [1.29, 1.82) is 0 Å². The topological polar surface area (TPSA) is 39.2 Å². The Bertz CT molecular complexity index is 400. The molecule has 0 N–H and O–H groups in total. The maximum atomic E-state index is 12.5. The summed E-state index contributed by atoms with van der Waals surface area (Å²) in [4.78, 5) is 14.8. The van der Waals surface area contributed by atoms with Crippen LogP contribution in [0.3, 0.4) is 0 Å². The Balaban J connectivity index is 3.36. The number of halogens is 4. The predicted molar refractivity (Wildman–Crippen MR) is 61.0 cm³/mol. The second kappa shape index (κ2) is 5.15. The molecular weight excluding hydrogens is 387 g/mol. The molecule has 3 nitrogen and oxygen atoms in total. The highest BCUT2D eigenvalue weighted by Crippen LogP contribution is 2.29. The summed E-state index contributed by atoms with van der Waals surface area (Å²) in [5, 5.41) is 0. The van der Waals surface area contributed by atoms with Crippen molar-refractivity contribution in [2.75, 3.05) is 7.11 Å². The van der Waals surface area contributed by atoms with Gasteiger partial charge in [-0.2, -0.15) is 0 Å². The van der Waals surface area contributed by atoms with Gasteiger partial charge in [0.1, 0.15) is 5.69 Å². The molecular formula is C8H5BrF2INO2. The SMILES string of the molecule is COC(=O)c1c(Br)cnc(C(F)F)c1I. The standard InChI is InChI=1S/C8H5BrF2INO2/c1-15-8(14)4-3(9)2-13-6(5(4)12)7(10)11/h2,7H,1H3. The molecule has 0 saturated heterocycles. The highest BCUT2D eigenvalue weighted by Gasteiger charge is 2.22. The molecule has 82 valence electrons. The molecule has 1 aromatic heterocycles. The number of hydrogen-bond donors (Lipinski definition) is 0. The van der Waals surface area contributed by atoms with Gasteiger partial charge in [-0.3, -0.25) is 4.98 Å². The molecule has 0 fully saturated rings. The van der Waals surface area contributed by atoms with Crippen molar-refractivity contribution in [1.82, 2.24) is 4.98 Å². The van der Waals surface area contributed by atoms with E-state index in [1.165, 1.54) is 7.11 Å². The summed E-state index contributed by atoms with van der Waals surface area (Å²) in [6.07, 6.45) is -1.55. The largest absolute Gasteiger partial charge is 0.465 e. The van der Waals surface area contributed by atoms with Crippen LogP contribution in [-0.2, 0) is 4.74 Å². The quantitative estimate of drug-likeness (QED) is 0.574. The average molecular weight is 392 g/mol. The van der Waals surface area contributed by atoms with Crippen LogP contribution in [0.25, 0.3) is 0 Å². The minimum absolute atomic E-state index is 0.0726. The summed E-state index contributed by atoms with van der Waals surface area (Å²) in [7, 11) is 1.19. The van der Waals surface area contributed by atoms with Crippen molar-refractivity contribution in [3.05, 3.63) is 25.5 Å². The molecule has 0 aromatic carbocycles. The van der Waals surface area contributed by atoms with Gasteiger partial charge in [-0.25, -0.2) is 13.6 Å². The highest BCUT2D eigenvalue weighted by molar-refractivity contribution is 14.1. The van der Waals surface area contributed by atoms with Gasteiger partial charge >= 0.3 is 5.97 Å². The van der Waals surface area contributed by atoms with Crippen molar-refractivity contribution in [2.24, 2.45) is 0 Å². The first-order chi connectivity index (χ1) is 6.99. The summed E-state index contributed by atoms with van der Waals surface area (Å²) < 4.78 is 29.9. The number of carbonyl (C=O) groups is 1. The second-order valence-corrected chi connectivity index (χ2v) is 4.41. The third-order valence-corrected chi connectivity index (χ3v) is 3.29. The normalized spacial score (nSPS) is 10.5. The first kappa shape index (κ1) is 12.8. The minimum Gasteiger partial charge on any atom is -0.465 e. The number of pyridine rings is 1. The lowest BCUT2D eigenvalue weighted by molar-refractivity contribution is 0.0597. The van der Waals surface area contributed by atoms with Crippen LogP contribution in [-0.4, -0.2) is 18.1 Å². The van der Waals surface area contributed by atoms with E-state index < -0.39 is 18.1 Å². The average Bonchev–Trinajstić information content (AvgIpc) is 2.16. The molecule has 0 bridgehead atoms. The molecule has 0 amide bonds. The number of alkyl halides is 2. The van der Waals surface area contributed by atoms with Crippen LogP contribution in [0.5, 0.6) is 0 Å². The van der Waals surface area contributed by atoms with Crippen LogP contribution in [0.4, 0.5) is 8.78 Å². The molecule has 0 atom stereocenters. The van der Waals surface area contributed by atoms with Crippen LogP contribution in [0.15, 0.2) is 10.7 Å². The molecule has 0 aliphatic carbocycles. The van der Waals surface area contributed by atoms with Gasteiger partial charge < -0.3 is 4.74 Å². The fourth-order valence-corrected chi connectivity index (χ4v) is 2.64. The van der Waals surface area contributed by atoms with E-state index in [0.717, 1.165) is 6.20 Å². The summed E-state index contributed by atoms with van der Waals surface area (Å²) in [6, 6.07) is 0. The van der Waals surface area contributed by atoms with E-state index in [0.29, 0.717) is 4.47 Å². The zero-order valence-electron chi connectivity index (χ0n) is 7.43. The third-order valence-electron chi connectivity index (χ3n) is 1.60. The predicted octanol–water partition coefficient (Wildman–Crippen LogP) is 3.17. The number of ether oxygens (including phenoxy) is 1. The van der Waals surface area contributed by atoms with Crippen molar-refractivity contribution >= 4 is 44.5 Å². The third kappa shape index (κ3) is 2.63. The Hall–Kier alpha value is -0.310. The fraction of sp³-hybridized carbons (Fsp3) is 0.250. The van der Waals surface area contributed by atoms with Gasteiger partial charge in [-0.05, 0) is 38.5 Å². The van der Waals surface area contributed by atoms with Gasteiger partial charge in [-0.15, -0.1) is 0 Å². The van der Waals surface area contributed by atoms with E-state index in [9.17, 15) is 13.6 Å². The smallest absolute Gasteiger partial charge is 0.340 e. The van der Waals surface area contributed by atoms with E-state index in [1.54, 1.807) is 22.6 Å². The highest BCUT2D eigenvalue weighted by atomic mass is 127. The van der Waals surface area contributed by atoms with E-state index >= 15 is 0 Å². The summed E-state index contributed by atoms with van der Waals surface area (Å²) >= 11 is 4.71. The Morgan fingerprint density at radius 2 is 2.27 bits per heavy atom. The lowest BCUT2D eigenvalue weighted by Gasteiger charge is -2.08. The molecule has 1 heterocycles. The summed E-state index contributed by atoms with van der Waals surface area (Å²) in [5.74, 6) is -0.671. The Morgan fingerprint density at radius 3 is 2.73 bits per heavy atom. The number of esters is 1. The van der Waals surface area contributed by atoms with E-state index in [2.05, 4.69) is 25.7 Å². The molecule has 0 unspecified atom stereocenters. The lowest BCUT2D eigenvalue weighted by atomic mass is 10.2. The Labute approximate surface area is 106 Å². The van der Waals surface area contributed by atoms with Gasteiger partial charge in [0.25, 0.3) is 6.43 Å². The van der Waals surface area contributed by atoms with Crippen LogP contribution < -0.4 is 0 Å². The number of rotatable bonds is 2. The summed E-state index contributed by atoms with van der Waals surface area (Å²) in [5.41, 5.74) is -0.345. The molecule has 0 saturated carbocycles. The lowest BCUT2D eigenvalue weighted by Crippen LogP contribution is -2.09. The molecule has 0 spiro atoms. The van der Waals surface area contributed by atoms with Gasteiger partial charge in [0.2, 0.25) is 0 Å². The van der Waals surface area contributed by atoms with Crippen LogP contribution >= 0.6 is 38.5 Å². The molecule has 0 aliphatic heterocycles. The summed E-state index contributed by atoms with van der Waals surface area (Å²) in [6.45, 7) is 0. The second-order valence-electron chi connectivity index (χ2n) is 2.47. The molecule has 7 heteroatoms. The number of nitrogens with zero attached hydrogens (tertiary/aromatic N) is 1. The van der Waals surface area contributed by atoms with Crippen LogP contribution in [0.1, 0.15) is 22.5 Å². The van der Waals surface area contributed by atoms with E-state index in [1.807, 2.05) is 0 Å². The van der Waals surface area contributed by atoms with Gasteiger partial charge in [-0.1, -0.05) is 0 Å². The van der Waals surface area contributed by atoms with Crippen molar-refractivity contribution in [3.8, 4) is 0 Å². The molecule has 0 aliphatic rings. The van der Waals surface area contributed by atoms with Crippen molar-refractivity contribution < 1.29 is 18.3 Å². The number of carbonyl (C=O) groups excluding carboxylic acids is 1. The fourth-order valence-electron chi connectivity index (χ4n) is 0.922. The zero-order chi connectivity index (χ0) is 11.6. The maximum Gasteiger partial charge on any atom is 0.340 e. The van der Waals surface area contributed by atoms with Gasteiger partial charge in [0, 0.05) is 6.20 Å². The molecule has 1 rings (SSSR count). The number of methoxy groups -OCH3 is 1. The molecule has 0 radical (unpaired) electrons. The van der Waals surface area contributed by atoms with Gasteiger partial charge in [0.05, 0.1) is 20.7 Å². The first-order valence-electron chi connectivity index (χ1n) is 3.69. The van der Waals surface area contributed by atoms with E-state index in [-0.39, 0.29) is 9.13 Å². The van der Waals surface area contributed by atoms with Crippen LogP contribution in [0, 0.1) is 3.57 Å². The number of aromatic nitrogens is 1. The molecule has 15 heavy (non-hydrogen) atoms. The number of hydrogen-bond acceptors (Lipinski definition) is 3. The Morgan fingerprint density at radius 1 is 1.67 bits per heavy atom. The monoisotopic (exact) mass is 391 g/mol. The van der Waals surface area contributed by atoms with Crippen LogP contribution in [0.2, 0.25) is 0 Å². The molecule has 1 aromatic rings. The maximum absolute atomic E-state index is 12.5. The Kier molecular flexibility index (Phi) is 4.38. The zero-order valence-corrected chi connectivity index (χ0v) is 11.2. The van der Waals surface area contributed by atoms with Gasteiger partial charge in [0.15, 0.2) is 0 Å². The minimum atomic E-state index is -2.71. The van der Waals surface area contributed by atoms with E-state index in [4.69, 9.17) is 0 Å². The van der Waals surface area contributed by atoms with Crippen molar-refractivity contribution in [3.63, 3.8) is 0 Å². The van der Waals surface area contributed by atoms with Crippen molar-refractivity contribution in [2.45, 2.75) is 6.43 Å².